The summed E-state index contributed by atoms with van der Waals surface area (Å²) in [7, 11) is 0. The normalized spacial score (nSPS) is 13.8. The Kier molecular flexibility index (Phi) is 13.3. The lowest BCUT2D eigenvalue weighted by Gasteiger charge is -2.30. The van der Waals surface area contributed by atoms with Gasteiger partial charge in [-0.2, -0.15) is 10.1 Å². The van der Waals surface area contributed by atoms with Crippen molar-refractivity contribution < 1.29 is 9.18 Å². The molecule has 8 nitrogen and oxygen atoms in total. The van der Waals surface area contributed by atoms with Crippen LogP contribution in [0.15, 0.2) is 101 Å². The number of amides is 1. The van der Waals surface area contributed by atoms with Gasteiger partial charge in [-0.15, -0.1) is 12.4 Å². The van der Waals surface area contributed by atoms with E-state index in [1.54, 1.807) is 35.3 Å². The van der Waals surface area contributed by atoms with Gasteiger partial charge in [-0.05, 0) is 78.0 Å². The minimum atomic E-state index is -0.346. The summed E-state index contributed by atoms with van der Waals surface area (Å²) in [5.41, 5.74) is 5.06. The predicted molar refractivity (Wildman–Crippen MR) is 200 cm³/mol. The summed E-state index contributed by atoms with van der Waals surface area (Å²) in [6.45, 7) is 5.87. The van der Waals surface area contributed by atoms with Crippen molar-refractivity contribution in [3.05, 3.63) is 135 Å². The Morgan fingerprint density at radius 2 is 1.64 bits per heavy atom. The third kappa shape index (κ3) is 9.84. The number of aromatic amines is 1. The summed E-state index contributed by atoms with van der Waals surface area (Å²) in [5, 5.41) is 8.00. The molecule has 3 heterocycles. The number of nitrogens with one attached hydrogen (secondary N) is 1. The van der Waals surface area contributed by atoms with E-state index in [0.717, 1.165) is 47.5 Å². The van der Waals surface area contributed by atoms with Crippen molar-refractivity contribution in [2.45, 2.75) is 56.1 Å². The van der Waals surface area contributed by atoms with Gasteiger partial charge >= 0.3 is 0 Å². The van der Waals surface area contributed by atoms with Gasteiger partial charge in [0.15, 0.2) is 5.16 Å². The molecule has 5 aromatic rings. The quantitative estimate of drug-likeness (QED) is 0.0982. The molecule has 1 N–H and O–H groups in total. The molecule has 1 unspecified atom stereocenters. The fourth-order valence-corrected chi connectivity index (χ4v) is 7.12. The fourth-order valence-electron chi connectivity index (χ4n) is 6.07. The number of likely N-dealkylation sites (tertiary alicyclic amines) is 1. The number of hydrogen-bond acceptors (Lipinski definition) is 6. The number of nitrogens with zero attached hydrogens (tertiary/aromatic N) is 5. The third-order valence-electron chi connectivity index (χ3n) is 9.05. The number of carbonyl (C=O) groups is 1. The van der Waals surface area contributed by atoms with Crippen molar-refractivity contribution in [2.24, 2.45) is 0 Å². The van der Waals surface area contributed by atoms with Crippen molar-refractivity contribution in [3.8, 4) is 11.1 Å². The van der Waals surface area contributed by atoms with Gasteiger partial charge in [-0.25, -0.2) is 4.39 Å². The lowest BCUT2D eigenvalue weighted by Crippen LogP contribution is -2.41. The van der Waals surface area contributed by atoms with Gasteiger partial charge in [0.05, 0.1) is 6.20 Å². The summed E-state index contributed by atoms with van der Waals surface area (Å²) < 4.78 is 15.3. The van der Waals surface area contributed by atoms with E-state index >= 15 is 0 Å². The summed E-state index contributed by atoms with van der Waals surface area (Å²) in [6, 6.07) is 22.3. The largest absolute Gasteiger partial charge is 0.336 e. The second-order valence-corrected chi connectivity index (χ2v) is 13.9. The number of hydrogen-bond donors (Lipinski definition) is 1. The van der Waals surface area contributed by atoms with E-state index in [2.05, 4.69) is 44.3 Å². The second-order valence-electron chi connectivity index (χ2n) is 12.5. The van der Waals surface area contributed by atoms with Gasteiger partial charge in [0.1, 0.15) is 12.4 Å². The molecule has 1 amide bonds. The van der Waals surface area contributed by atoms with Gasteiger partial charge in [-0.3, -0.25) is 14.7 Å². The lowest BCUT2D eigenvalue weighted by molar-refractivity contribution is -0.132. The molecule has 1 aliphatic heterocycles. The smallest absolute Gasteiger partial charge is 0.277 e. The number of H-pyrrole nitrogens is 1. The van der Waals surface area contributed by atoms with Gasteiger partial charge in [0.25, 0.3) is 5.56 Å². The van der Waals surface area contributed by atoms with Crippen LogP contribution in [0.4, 0.5) is 4.39 Å². The van der Waals surface area contributed by atoms with Crippen molar-refractivity contribution in [2.75, 3.05) is 26.2 Å². The molecule has 262 valence electrons. The molecule has 2 aromatic heterocycles. The van der Waals surface area contributed by atoms with Crippen molar-refractivity contribution >= 4 is 41.7 Å². The van der Waals surface area contributed by atoms with Crippen molar-refractivity contribution in [1.82, 2.24) is 29.5 Å². The number of benzene rings is 3. The van der Waals surface area contributed by atoms with E-state index < -0.39 is 0 Å². The van der Waals surface area contributed by atoms with Crippen LogP contribution in [0.25, 0.3) is 11.1 Å². The number of carbonyl (C=O) groups excluding carboxylic acids is 1. The van der Waals surface area contributed by atoms with Gasteiger partial charge in [0, 0.05) is 54.3 Å². The Morgan fingerprint density at radius 3 is 2.30 bits per heavy atom. The Labute approximate surface area is 307 Å². The summed E-state index contributed by atoms with van der Waals surface area (Å²) >= 11 is 7.45. The maximum atomic E-state index is 14.3. The molecular weight excluding hydrogens is 694 g/mol. The van der Waals surface area contributed by atoms with Crippen LogP contribution in [0.5, 0.6) is 0 Å². The molecule has 6 rings (SSSR count). The first-order valence-corrected chi connectivity index (χ1v) is 18.0. The van der Waals surface area contributed by atoms with E-state index in [1.165, 1.54) is 43.2 Å². The zero-order chi connectivity index (χ0) is 34.2. The third-order valence-corrected chi connectivity index (χ3v) is 10.4. The van der Waals surface area contributed by atoms with Crippen molar-refractivity contribution in [3.63, 3.8) is 0 Å². The predicted octanol–water partition coefficient (Wildman–Crippen LogP) is 7.81. The van der Waals surface area contributed by atoms with Crippen molar-refractivity contribution in [1.29, 1.82) is 0 Å². The van der Waals surface area contributed by atoms with Crippen LogP contribution in [0.3, 0.4) is 0 Å². The molecule has 0 spiro atoms. The van der Waals surface area contributed by atoms with E-state index in [9.17, 15) is 14.0 Å². The van der Waals surface area contributed by atoms with Crippen LogP contribution in [-0.4, -0.2) is 61.6 Å². The topological polar surface area (TPSA) is 87.1 Å². The lowest BCUT2D eigenvalue weighted by atomic mass is 9.98. The molecular formula is C38H41Cl2FN6O2S. The standard InChI is InChI=1S/C38H40ClFN6O2S.ClH/c1-27(32-21-41-42-22-32)35-24-46(38(43-37(35)48)49-26-29-7-15-34(40)16-8-29)25-36(47)45(20-19-44-17-3-2-4-18-44)23-28-5-9-30(10-6-28)31-11-13-33(39)14-12-31;/h5-16,21-22,24,27H,2-4,17-20,23,25-26H2,1H3,(H,41,42);1H. The number of thioether (sulfide) groups is 1. The van der Waals surface area contributed by atoms with Crippen LogP contribution in [0, 0.1) is 5.82 Å². The molecule has 0 saturated carbocycles. The maximum Gasteiger partial charge on any atom is 0.277 e. The Hall–Kier alpha value is -3.96. The van der Waals surface area contributed by atoms with Crippen LogP contribution in [0.2, 0.25) is 5.02 Å². The number of aromatic nitrogens is 4. The van der Waals surface area contributed by atoms with Gasteiger partial charge in [0.2, 0.25) is 5.91 Å². The van der Waals surface area contributed by atoms with E-state index in [4.69, 9.17) is 11.6 Å². The van der Waals surface area contributed by atoms with Gasteiger partial charge in [-0.1, -0.05) is 85.2 Å². The first-order chi connectivity index (χ1) is 23.8. The minimum absolute atomic E-state index is 0. The highest BCUT2D eigenvalue weighted by Gasteiger charge is 2.22. The first-order valence-electron chi connectivity index (χ1n) is 16.6. The number of rotatable bonds is 13. The highest BCUT2D eigenvalue weighted by Crippen LogP contribution is 2.26. The molecule has 50 heavy (non-hydrogen) atoms. The molecule has 0 bridgehead atoms. The maximum absolute atomic E-state index is 14.3. The Balaban J connectivity index is 0.00000486. The molecule has 0 aliphatic carbocycles. The van der Waals surface area contributed by atoms with Crippen LogP contribution in [-0.2, 0) is 23.6 Å². The van der Waals surface area contributed by atoms with E-state index in [-0.39, 0.29) is 42.2 Å². The average molecular weight is 736 g/mol. The minimum Gasteiger partial charge on any atom is -0.336 e. The highest BCUT2D eigenvalue weighted by atomic mass is 35.5. The molecule has 1 saturated heterocycles. The zero-order valence-corrected chi connectivity index (χ0v) is 30.3. The Bertz CT molecular complexity index is 1880. The monoisotopic (exact) mass is 734 g/mol. The summed E-state index contributed by atoms with van der Waals surface area (Å²) in [6.07, 6.45) is 8.82. The number of halogens is 3. The van der Waals surface area contributed by atoms with E-state index in [0.29, 0.717) is 34.6 Å². The first kappa shape index (κ1) is 37.3. The molecule has 0 radical (unpaired) electrons. The second kappa shape index (κ2) is 17.8. The average Bonchev–Trinajstić information content (AvgIpc) is 3.67. The SMILES string of the molecule is CC(c1cn[nH]c1)c1cn(CC(=O)N(CCN2CCCCC2)Cc2ccc(-c3ccc(Cl)cc3)cc2)c(SCc2ccc(F)cc2)nc1=O.Cl. The molecule has 1 atom stereocenters. The summed E-state index contributed by atoms with van der Waals surface area (Å²) in [4.78, 5) is 36.4. The van der Waals surface area contributed by atoms with Crippen LogP contribution >= 0.6 is 35.8 Å². The van der Waals surface area contributed by atoms with Gasteiger partial charge < -0.3 is 14.4 Å². The molecule has 1 fully saturated rings. The Morgan fingerprint density at radius 1 is 0.980 bits per heavy atom. The van der Waals surface area contributed by atoms with Crippen LogP contribution < -0.4 is 5.56 Å². The summed E-state index contributed by atoms with van der Waals surface area (Å²) in [5.74, 6) is -0.174. The zero-order valence-electron chi connectivity index (χ0n) is 27.9. The molecule has 12 heteroatoms. The molecule has 1 aliphatic rings. The number of piperidine rings is 1. The van der Waals surface area contributed by atoms with E-state index in [1.807, 2.05) is 36.1 Å². The highest BCUT2D eigenvalue weighted by molar-refractivity contribution is 7.98. The molecule has 3 aromatic carbocycles. The van der Waals surface area contributed by atoms with Crippen LogP contribution in [0.1, 0.15) is 54.4 Å². The fraction of sp³-hybridized carbons (Fsp3) is 0.316.